The molecule has 5 heteroatoms. The molecule has 24 heavy (non-hydrogen) atoms. The molecule has 3 rings (SSSR count). The highest BCUT2D eigenvalue weighted by atomic mass is 16.5. The lowest BCUT2D eigenvalue weighted by atomic mass is 10.0. The first-order valence-corrected chi connectivity index (χ1v) is 8.42. The van der Waals surface area contributed by atoms with Crippen molar-refractivity contribution in [2.75, 3.05) is 40.0 Å². The minimum atomic E-state index is 0.352. The van der Waals surface area contributed by atoms with Gasteiger partial charge in [0, 0.05) is 51.7 Å². The molecule has 2 heterocycles. The summed E-state index contributed by atoms with van der Waals surface area (Å²) in [6, 6.07) is 12.8. The van der Waals surface area contributed by atoms with Crippen molar-refractivity contribution < 1.29 is 9.47 Å². The second-order valence-corrected chi connectivity index (χ2v) is 5.97. The Morgan fingerprint density at radius 1 is 1.25 bits per heavy atom. The maximum atomic E-state index is 5.72. The first-order chi connectivity index (χ1) is 11.9. The van der Waals surface area contributed by atoms with Crippen LogP contribution in [0.3, 0.4) is 0 Å². The van der Waals surface area contributed by atoms with Gasteiger partial charge in [0.1, 0.15) is 12.4 Å². The number of methoxy groups -OCH3 is 1. The van der Waals surface area contributed by atoms with Crippen LogP contribution in [0.1, 0.15) is 17.2 Å². The monoisotopic (exact) mass is 327 g/mol. The molecule has 0 bridgehead atoms. The number of hydrogen-bond donors (Lipinski definition) is 1. The fourth-order valence-corrected chi connectivity index (χ4v) is 3.05. The zero-order valence-corrected chi connectivity index (χ0v) is 14.1. The van der Waals surface area contributed by atoms with Crippen LogP contribution in [-0.4, -0.2) is 49.8 Å². The third-order valence-electron chi connectivity index (χ3n) is 4.26. The fraction of sp³-hybridized carbons (Fsp3) is 0.421. The van der Waals surface area contributed by atoms with Crippen molar-refractivity contribution in [3.8, 4) is 5.75 Å². The van der Waals surface area contributed by atoms with Crippen molar-refractivity contribution in [3.63, 3.8) is 0 Å². The molecule has 0 spiro atoms. The van der Waals surface area contributed by atoms with Crippen LogP contribution < -0.4 is 10.1 Å². The Labute approximate surface area is 143 Å². The third-order valence-corrected chi connectivity index (χ3v) is 4.26. The largest absolute Gasteiger partial charge is 0.491 e. The van der Waals surface area contributed by atoms with Crippen LogP contribution in [0.25, 0.3) is 0 Å². The van der Waals surface area contributed by atoms with E-state index in [1.807, 2.05) is 24.5 Å². The van der Waals surface area contributed by atoms with E-state index in [0.717, 1.165) is 31.9 Å². The van der Waals surface area contributed by atoms with E-state index in [0.29, 0.717) is 19.3 Å². The minimum absolute atomic E-state index is 0.352. The SMILES string of the molecule is COCCOc1cccc(CN2CCNCC2c2cccnc2)c1. The standard InChI is InChI=1S/C19H25N3O2/c1-23-10-11-24-18-6-2-4-16(12-18)15-22-9-8-21-14-19(22)17-5-3-7-20-13-17/h2-7,12-13,19,21H,8-11,14-15H2,1H3. The predicted octanol–water partition coefficient (Wildman–Crippen LogP) is 2.25. The number of ether oxygens (including phenoxy) is 2. The van der Waals surface area contributed by atoms with Crippen LogP contribution >= 0.6 is 0 Å². The van der Waals surface area contributed by atoms with Crippen molar-refractivity contribution in [1.29, 1.82) is 0 Å². The highest BCUT2D eigenvalue weighted by Crippen LogP contribution is 2.24. The van der Waals surface area contributed by atoms with Crippen molar-refractivity contribution in [3.05, 3.63) is 59.9 Å². The van der Waals surface area contributed by atoms with Gasteiger partial charge in [-0.15, -0.1) is 0 Å². The summed E-state index contributed by atoms with van der Waals surface area (Å²) >= 11 is 0. The zero-order valence-electron chi connectivity index (χ0n) is 14.1. The van der Waals surface area contributed by atoms with Crippen LogP contribution in [0.5, 0.6) is 5.75 Å². The molecule has 1 fully saturated rings. The molecule has 1 saturated heterocycles. The van der Waals surface area contributed by atoms with E-state index in [-0.39, 0.29) is 0 Å². The number of nitrogens with one attached hydrogen (secondary N) is 1. The summed E-state index contributed by atoms with van der Waals surface area (Å²) in [5.74, 6) is 0.901. The Hall–Kier alpha value is -1.95. The molecule has 1 N–H and O–H groups in total. The van der Waals surface area contributed by atoms with Gasteiger partial charge in [-0.05, 0) is 29.3 Å². The van der Waals surface area contributed by atoms with Gasteiger partial charge in [0.25, 0.3) is 0 Å². The van der Waals surface area contributed by atoms with E-state index < -0.39 is 0 Å². The van der Waals surface area contributed by atoms with E-state index >= 15 is 0 Å². The normalized spacial score (nSPS) is 18.5. The number of nitrogens with zero attached hydrogens (tertiary/aromatic N) is 2. The molecular formula is C19H25N3O2. The van der Waals surface area contributed by atoms with Gasteiger partial charge in [-0.3, -0.25) is 9.88 Å². The molecule has 0 aliphatic carbocycles. The third kappa shape index (κ3) is 4.54. The number of benzene rings is 1. The fourth-order valence-electron chi connectivity index (χ4n) is 3.05. The lowest BCUT2D eigenvalue weighted by Gasteiger charge is -2.36. The van der Waals surface area contributed by atoms with Crippen molar-refractivity contribution in [2.45, 2.75) is 12.6 Å². The molecule has 1 aliphatic rings. The Morgan fingerprint density at radius 2 is 2.21 bits per heavy atom. The van der Waals surface area contributed by atoms with Gasteiger partial charge in [-0.25, -0.2) is 0 Å². The molecule has 1 aromatic carbocycles. The summed E-state index contributed by atoms with van der Waals surface area (Å²) in [7, 11) is 1.68. The van der Waals surface area contributed by atoms with E-state index in [1.165, 1.54) is 11.1 Å². The van der Waals surface area contributed by atoms with Crippen molar-refractivity contribution in [2.24, 2.45) is 0 Å². The molecular weight excluding hydrogens is 302 g/mol. The lowest BCUT2D eigenvalue weighted by molar-refractivity contribution is 0.145. The first kappa shape index (κ1) is 16.9. The molecule has 0 radical (unpaired) electrons. The van der Waals surface area contributed by atoms with Gasteiger partial charge in [-0.2, -0.15) is 0 Å². The van der Waals surface area contributed by atoms with Crippen LogP contribution in [0, 0.1) is 0 Å². The Morgan fingerprint density at radius 3 is 3.04 bits per heavy atom. The number of aromatic nitrogens is 1. The topological polar surface area (TPSA) is 46.6 Å². The zero-order chi connectivity index (χ0) is 16.6. The maximum absolute atomic E-state index is 5.72. The van der Waals surface area contributed by atoms with Crippen LogP contribution in [0.15, 0.2) is 48.8 Å². The van der Waals surface area contributed by atoms with Gasteiger partial charge >= 0.3 is 0 Å². The summed E-state index contributed by atoms with van der Waals surface area (Å²) in [5, 5.41) is 3.49. The van der Waals surface area contributed by atoms with Gasteiger partial charge < -0.3 is 14.8 Å². The molecule has 128 valence electrons. The minimum Gasteiger partial charge on any atom is -0.491 e. The van der Waals surface area contributed by atoms with Gasteiger partial charge in [0.05, 0.1) is 6.61 Å². The number of piperazine rings is 1. The van der Waals surface area contributed by atoms with Crippen LogP contribution in [-0.2, 0) is 11.3 Å². The molecule has 1 aromatic heterocycles. The molecule has 1 atom stereocenters. The summed E-state index contributed by atoms with van der Waals surface area (Å²) in [5.41, 5.74) is 2.53. The van der Waals surface area contributed by atoms with Crippen LogP contribution in [0.2, 0.25) is 0 Å². The molecule has 1 unspecified atom stereocenters. The highest BCUT2D eigenvalue weighted by Gasteiger charge is 2.23. The highest BCUT2D eigenvalue weighted by molar-refractivity contribution is 5.29. The summed E-state index contributed by atoms with van der Waals surface area (Å²) in [6.07, 6.45) is 3.79. The van der Waals surface area contributed by atoms with Crippen molar-refractivity contribution >= 4 is 0 Å². The quantitative estimate of drug-likeness (QED) is 0.791. The van der Waals surface area contributed by atoms with Gasteiger partial charge in [-0.1, -0.05) is 18.2 Å². The summed E-state index contributed by atoms with van der Waals surface area (Å²) < 4.78 is 10.8. The van der Waals surface area contributed by atoms with Crippen LogP contribution in [0.4, 0.5) is 0 Å². The Bertz CT molecular complexity index is 621. The average Bonchev–Trinajstić information content (AvgIpc) is 2.64. The average molecular weight is 327 g/mol. The number of hydrogen-bond acceptors (Lipinski definition) is 5. The Kier molecular flexibility index (Phi) is 6.18. The second-order valence-electron chi connectivity index (χ2n) is 5.97. The van der Waals surface area contributed by atoms with E-state index in [4.69, 9.17) is 9.47 Å². The molecule has 5 nitrogen and oxygen atoms in total. The Balaban J connectivity index is 1.68. The van der Waals surface area contributed by atoms with E-state index in [1.54, 1.807) is 7.11 Å². The van der Waals surface area contributed by atoms with Crippen molar-refractivity contribution in [1.82, 2.24) is 15.2 Å². The summed E-state index contributed by atoms with van der Waals surface area (Å²) in [6.45, 7) is 5.07. The smallest absolute Gasteiger partial charge is 0.119 e. The van der Waals surface area contributed by atoms with E-state index in [9.17, 15) is 0 Å². The predicted molar refractivity (Wildman–Crippen MR) is 94.1 cm³/mol. The van der Waals surface area contributed by atoms with E-state index in [2.05, 4.69) is 39.5 Å². The molecule has 0 saturated carbocycles. The molecule has 0 amide bonds. The molecule has 1 aliphatic heterocycles. The van der Waals surface area contributed by atoms with Gasteiger partial charge in [0.15, 0.2) is 0 Å². The first-order valence-electron chi connectivity index (χ1n) is 8.42. The maximum Gasteiger partial charge on any atom is 0.119 e. The number of pyridine rings is 1. The van der Waals surface area contributed by atoms with Gasteiger partial charge in [0.2, 0.25) is 0 Å². The summed E-state index contributed by atoms with van der Waals surface area (Å²) in [4.78, 5) is 6.77. The molecule has 2 aromatic rings. The second kappa shape index (κ2) is 8.78. The lowest BCUT2D eigenvalue weighted by Crippen LogP contribution is -2.45. The number of rotatable bonds is 7.